The summed E-state index contributed by atoms with van der Waals surface area (Å²) in [5.74, 6) is -2.20. The second-order valence-corrected chi connectivity index (χ2v) is 8.00. The number of amides is 4. The first-order valence-electron chi connectivity index (χ1n) is 11.4. The highest BCUT2D eigenvalue weighted by molar-refractivity contribution is 6.09. The first-order chi connectivity index (χ1) is 18.0. The van der Waals surface area contributed by atoms with E-state index in [0.717, 1.165) is 5.56 Å². The molecule has 1 aromatic heterocycles. The Bertz CT molecular complexity index is 1370. The molecule has 186 valence electrons. The largest absolute Gasteiger partial charge is 0.459 e. The normalized spacial score (nSPS) is 11.1. The number of hydrogen-bond acceptors (Lipinski definition) is 5. The molecule has 0 unspecified atom stereocenters. The summed E-state index contributed by atoms with van der Waals surface area (Å²) in [5, 5.41) is 5.46. The maximum atomic E-state index is 13.3. The van der Waals surface area contributed by atoms with E-state index in [-0.39, 0.29) is 23.7 Å². The number of rotatable bonds is 8. The Morgan fingerprint density at radius 1 is 0.676 bits per heavy atom. The fourth-order valence-electron chi connectivity index (χ4n) is 3.54. The molecular formula is C28H24N4O5. The molecule has 1 heterocycles. The van der Waals surface area contributed by atoms with Gasteiger partial charge in [-0.25, -0.2) is 0 Å². The highest BCUT2D eigenvalue weighted by atomic mass is 16.3. The van der Waals surface area contributed by atoms with Crippen molar-refractivity contribution in [3.8, 4) is 0 Å². The monoisotopic (exact) mass is 496 g/mol. The van der Waals surface area contributed by atoms with E-state index in [9.17, 15) is 19.2 Å². The zero-order chi connectivity index (χ0) is 26.0. The Kier molecular flexibility index (Phi) is 8.07. The van der Waals surface area contributed by atoms with E-state index < -0.39 is 23.8 Å². The van der Waals surface area contributed by atoms with Gasteiger partial charge >= 0.3 is 5.91 Å². The summed E-state index contributed by atoms with van der Waals surface area (Å²) in [6.45, 7) is 0. The van der Waals surface area contributed by atoms with Gasteiger partial charge in [-0.2, -0.15) is 0 Å². The van der Waals surface area contributed by atoms with Crippen LogP contribution in [0.4, 0.5) is 5.69 Å². The average molecular weight is 497 g/mol. The molecule has 0 fully saturated rings. The fourth-order valence-corrected chi connectivity index (χ4v) is 3.54. The van der Waals surface area contributed by atoms with Crippen LogP contribution in [0.15, 0.2) is 108 Å². The van der Waals surface area contributed by atoms with Crippen molar-refractivity contribution in [2.45, 2.75) is 12.5 Å². The number of hydrogen-bond donors (Lipinski definition) is 4. The molecule has 4 amide bonds. The summed E-state index contributed by atoms with van der Waals surface area (Å²) in [6, 6.07) is 26.2. The summed E-state index contributed by atoms with van der Waals surface area (Å²) < 4.78 is 5.02. The molecule has 37 heavy (non-hydrogen) atoms. The third-order valence-corrected chi connectivity index (χ3v) is 5.40. The molecule has 0 aliphatic carbocycles. The van der Waals surface area contributed by atoms with E-state index in [1.165, 1.54) is 12.3 Å². The number of para-hydroxylation sites is 1. The van der Waals surface area contributed by atoms with Gasteiger partial charge in [0.05, 0.1) is 17.5 Å². The minimum absolute atomic E-state index is 0.0204. The van der Waals surface area contributed by atoms with E-state index in [1.807, 2.05) is 30.3 Å². The molecular weight excluding hydrogens is 472 g/mol. The van der Waals surface area contributed by atoms with E-state index in [4.69, 9.17) is 4.42 Å². The van der Waals surface area contributed by atoms with Gasteiger partial charge in [-0.05, 0) is 42.0 Å². The van der Waals surface area contributed by atoms with Gasteiger partial charge in [-0.15, -0.1) is 0 Å². The number of hydrazine groups is 1. The highest BCUT2D eigenvalue weighted by Gasteiger charge is 2.24. The summed E-state index contributed by atoms with van der Waals surface area (Å²) >= 11 is 0. The topological polar surface area (TPSA) is 130 Å². The van der Waals surface area contributed by atoms with Crippen LogP contribution in [0.1, 0.15) is 36.8 Å². The van der Waals surface area contributed by atoms with Gasteiger partial charge in [0.2, 0.25) is 0 Å². The molecule has 0 spiro atoms. The molecule has 4 N–H and O–H groups in total. The van der Waals surface area contributed by atoms with E-state index >= 15 is 0 Å². The van der Waals surface area contributed by atoms with Crippen LogP contribution < -0.4 is 21.5 Å². The van der Waals surface area contributed by atoms with Crippen LogP contribution in [0.2, 0.25) is 0 Å². The lowest BCUT2D eigenvalue weighted by molar-refractivity contribution is -0.123. The lowest BCUT2D eigenvalue weighted by atomic mass is 10.0. The smallest absolute Gasteiger partial charge is 0.305 e. The number of furan rings is 1. The minimum atomic E-state index is -1.04. The molecule has 9 heteroatoms. The summed E-state index contributed by atoms with van der Waals surface area (Å²) in [7, 11) is 0. The van der Waals surface area contributed by atoms with Crippen molar-refractivity contribution in [1.82, 2.24) is 16.2 Å². The zero-order valence-electron chi connectivity index (χ0n) is 19.6. The van der Waals surface area contributed by atoms with Crippen LogP contribution in [0.25, 0.3) is 0 Å². The van der Waals surface area contributed by atoms with Crippen molar-refractivity contribution in [3.63, 3.8) is 0 Å². The number of carbonyl (C=O) groups is 4. The van der Waals surface area contributed by atoms with Crippen molar-refractivity contribution >= 4 is 29.3 Å². The molecule has 4 aromatic rings. The molecule has 9 nitrogen and oxygen atoms in total. The van der Waals surface area contributed by atoms with Gasteiger partial charge in [0.1, 0.15) is 6.04 Å². The van der Waals surface area contributed by atoms with E-state index in [2.05, 4.69) is 21.5 Å². The van der Waals surface area contributed by atoms with Crippen LogP contribution in [-0.4, -0.2) is 29.7 Å². The van der Waals surface area contributed by atoms with Gasteiger partial charge in [-0.1, -0.05) is 60.7 Å². The summed E-state index contributed by atoms with van der Waals surface area (Å²) in [5.41, 5.74) is 6.31. The Morgan fingerprint density at radius 2 is 1.35 bits per heavy atom. The quantitative estimate of drug-likeness (QED) is 0.278. The molecule has 3 aromatic carbocycles. The third kappa shape index (κ3) is 6.70. The SMILES string of the molecule is O=C(Nc1ccccc1C(=O)N[C@H](Cc1ccccc1)C(=O)NNC(=O)c1ccco1)c1ccccc1. The van der Waals surface area contributed by atoms with Crippen molar-refractivity contribution in [1.29, 1.82) is 0 Å². The number of anilines is 1. The maximum Gasteiger partial charge on any atom is 0.305 e. The lowest BCUT2D eigenvalue weighted by Gasteiger charge is -2.20. The zero-order valence-corrected chi connectivity index (χ0v) is 19.6. The molecule has 0 aliphatic heterocycles. The second-order valence-electron chi connectivity index (χ2n) is 8.00. The Morgan fingerprint density at radius 3 is 2.05 bits per heavy atom. The first kappa shape index (κ1) is 24.9. The van der Waals surface area contributed by atoms with Gasteiger partial charge in [0, 0.05) is 12.0 Å². The molecule has 0 bridgehead atoms. The van der Waals surface area contributed by atoms with Gasteiger partial charge in [-0.3, -0.25) is 30.0 Å². The van der Waals surface area contributed by atoms with Crippen LogP contribution >= 0.6 is 0 Å². The average Bonchev–Trinajstić information content (AvgIpc) is 3.48. The Balaban J connectivity index is 1.49. The predicted octanol–water partition coefficient (Wildman–Crippen LogP) is 3.33. The van der Waals surface area contributed by atoms with Crippen LogP contribution in [-0.2, 0) is 11.2 Å². The van der Waals surface area contributed by atoms with E-state index in [0.29, 0.717) is 11.3 Å². The van der Waals surface area contributed by atoms with Crippen LogP contribution in [0, 0.1) is 0 Å². The number of benzene rings is 3. The van der Waals surface area contributed by atoms with Crippen molar-refractivity contribution < 1.29 is 23.6 Å². The summed E-state index contributed by atoms with van der Waals surface area (Å²) in [6.07, 6.45) is 1.50. The summed E-state index contributed by atoms with van der Waals surface area (Å²) in [4.78, 5) is 51.1. The number of nitrogens with one attached hydrogen (secondary N) is 4. The molecule has 1 atom stereocenters. The Hall–Kier alpha value is -5.18. The van der Waals surface area contributed by atoms with Crippen LogP contribution in [0.5, 0.6) is 0 Å². The van der Waals surface area contributed by atoms with Gasteiger partial charge < -0.3 is 15.1 Å². The van der Waals surface area contributed by atoms with Crippen molar-refractivity contribution in [3.05, 3.63) is 126 Å². The first-order valence-corrected chi connectivity index (χ1v) is 11.4. The van der Waals surface area contributed by atoms with Gasteiger partial charge in [0.25, 0.3) is 17.7 Å². The second kappa shape index (κ2) is 12.0. The number of carbonyl (C=O) groups excluding carboxylic acids is 4. The minimum Gasteiger partial charge on any atom is -0.459 e. The molecule has 0 saturated carbocycles. The Labute approximate surface area is 212 Å². The highest BCUT2D eigenvalue weighted by Crippen LogP contribution is 2.17. The molecule has 0 radical (unpaired) electrons. The third-order valence-electron chi connectivity index (χ3n) is 5.40. The lowest BCUT2D eigenvalue weighted by Crippen LogP contribution is -2.53. The van der Waals surface area contributed by atoms with Crippen molar-refractivity contribution in [2.75, 3.05) is 5.32 Å². The van der Waals surface area contributed by atoms with Crippen molar-refractivity contribution in [2.24, 2.45) is 0 Å². The van der Waals surface area contributed by atoms with Crippen LogP contribution in [0.3, 0.4) is 0 Å². The standard InChI is InChI=1S/C28H24N4O5/c33-25(20-12-5-2-6-13-20)29-22-15-8-7-14-21(22)26(34)30-23(18-19-10-3-1-4-11-19)27(35)31-32-28(36)24-16-9-17-37-24/h1-17,23H,18H2,(H,29,33)(H,30,34)(H,31,35)(H,32,36)/t23-/m1/s1. The molecule has 4 rings (SSSR count). The molecule has 0 aliphatic rings. The fraction of sp³-hybridized carbons (Fsp3) is 0.0714. The predicted molar refractivity (Wildman–Crippen MR) is 137 cm³/mol. The molecule has 0 saturated heterocycles. The van der Waals surface area contributed by atoms with Gasteiger partial charge in [0.15, 0.2) is 5.76 Å². The maximum absolute atomic E-state index is 13.3. The van der Waals surface area contributed by atoms with E-state index in [1.54, 1.807) is 60.7 Å².